The van der Waals surface area contributed by atoms with Crippen LogP contribution < -0.4 is 9.47 Å². The van der Waals surface area contributed by atoms with Crippen LogP contribution in [0.25, 0.3) is 6.08 Å². The number of aromatic hydroxyl groups is 1. The highest BCUT2D eigenvalue weighted by molar-refractivity contribution is 9.10. The number of phenolic OH excluding ortho intramolecular Hbond substituents is 1. The Kier molecular flexibility index (Phi) is 5.82. The van der Waals surface area contributed by atoms with Gasteiger partial charge in [0.25, 0.3) is 0 Å². The molecule has 0 aliphatic heterocycles. The molecule has 0 saturated heterocycles. The molecular formula is C18H17BrO4. The van der Waals surface area contributed by atoms with Crippen LogP contribution in [-0.2, 0) is 0 Å². The van der Waals surface area contributed by atoms with Crippen LogP contribution in [0.15, 0.2) is 46.9 Å². The molecule has 0 bridgehead atoms. The Morgan fingerprint density at radius 1 is 1.30 bits per heavy atom. The minimum Gasteiger partial charge on any atom is -0.503 e. The quantitative estimate of drug-likeness (QED) is 0.597. The second kappa shape index (κ2) is 7.83. The van der Waals surface area contributed by atoms with Gasteiger partial charge in [0.15, 0.2) is 17.3 Å². The number of ketones is 1. The summed E-state index contributed by atoms with van der Waals surface area (Å²) in [6.45, 7) is 2.28. The summed E-state index contributed by atoms with van der Waals surface area (Å²) in [5.74, 6) is 0.916. The normalized spacial score (nSPS) is 10.7. The number of allylic oxidation sites excluding steroid dienone is 1. The summed E-state index contributed by atoms with van der Waals surface area (Å²) < 4.78 is 11.0. The lowest BCUT2D eigenvalue weighted by Gasteiger charge is -2.08. The Balaban J connectivity index is 2.23. The van der Waals surface area contributed by atoms with Crippen LogP contribution in [0.1, 0.15) is 22.8 Å². The van der Waals surface area contributed by atoms with Crippen molar-refractivity contribution in [2.75, 3.05) is 13.7 Å². The van der Waals surface area contributed by atoms with Gasteiger partial charge in [0.2, 0.25) is 0 Å². The highest BCUT2D eigenvalue weighted by Gasteiger charge is 2.09. The predicted octanol–water partition coefficient (Wildman–Crippen LogP) is 4.46. The van der Waals surface area contributed by atoms with E-state index in [1.54, 1.807) is 49.6 Å². The Hall–Kier alpha value is -2.27. The molecule has 0 atom stereocenters. The van der Waals surface area contributed by atoms with Crippen molar-refractivity contribution in [2.45, 2.75) is 6.92 Å². The standard InChI is InChI=1S/C18H17BrO4/c1-3-23-17-10-12(9-15(19)18(17)21)7-8-16(20)13-5-4-6-14(11-13)22-2/h4-11,21H,3H2,1-2H3. The zero-order chi connectivity index (χ0) is 16.8. The van der Waals surface area contributed by atoms with Gasteiger partial charge in [-0.2, -0.15) is 0 Å². The first-order valence-electron chi connectivity index (χ1n) is 7.07. The van der Waals surface area contributed by atoms with E-state index in [-0.39, 0.29) is 11.5 Å². The van der Waals surface area contributed by atoms with Crippen LogP contribution in [0, 0.1) is 0 Å². The highest BCUT2D eigenvalue weighted by Crippen LogP contribution is 2.35. The van der Waals surface area contributed by atoms with Crippen molar-refractivity contribution in [3.8, 4) is 17.2 Å². The topological polar surface area (TPSA) is 55.8 Å². The summed E-state index contributed by atoms with van der Waals surface area (Å²) >= 11 is 3.27. The second-order valence-corrected chi connectivity index (χ2v) is 5.57. The average molecular weight is 377 g/mol. The zero-order valence-electron chi connectivity index (χ0n) is 12.9. The van der Waals surface area contributed by atoms with Gasteiger partial charge in [0.05, 0.1) is 18.2 Å². The van der Waals surface area contributed by atoms with E-state index in [1.165, 1.54) is 6.08 Å². The molecule has 0 saturated carbocycles. The summed E-state index contributed by atoms with van der Waals surface area (Å²) in [5.41, 5.74) is 1.29. The molecule has 0 aromatic heterocycles. The van der Waals surface area contributed by atoms with Crippen LogP contribution in [-0.4, -0.2) is 24.6 Å². The monoisotopic (exact) mass is 376 g/mol. The van der Waals surface area contributed by atoms with Crippen molar-refractivity contribution in [3.63, 3.8) is 0 Å². The van der Waals surface area contributed by atoms with Crippen molar-refractivity contribution in [1.29, 1.82) is 0 Å². The largest absolute Gasteiger partial charge is 0.503 e. The maximum Gasteiger partial charge on any atom is 0.185 e. The number of carbonyl (C=O) groups excluding carboxylic acids is 1. The Bertz CT molecular complexity index is 738. The molecule has 2 aromatic rings. The number of ether oxygens (including phenoxy) is 2. The van der Waals surface area contributed by atoms with E-state index in [4.69, 9.17) is 9.47 Å². The molecule has 1 N–H and O–H groups in total. The molecule has 0 aliphatic rings. The molecule has 2 rings (SSSR count). The molecule has 0 fully saturated rings. The van der Waals surface area contributed by atoms with Crippen molar-refractivity contribution in [1.82, 2.24) is 0 Å². The van der Waals surface area contributed by atoms with Gasteiger partial charge in [0.1, 0.15) is 5.75 Å². The van der Waals surface area contributed by atoms with Gasteiger partial charge < -0.3 is 14.6 Å². The fraction of sp³-hybridized carbons (Fsp3) is 0.167. The predicted molar refractivity (Wildman–Crippen MR) is 93.3 cm³/mol. The van der Waals surface area contributed by atoms with Crippen molar-refractivity contribution in [2.24, 2.45) is 0 Å². The Morgan fingerprint density at radius 3 is 2.78 bits per heavy atom. The number of hydrogen-bond donors (Lipinski definition) is 1. The van der Waals surface area contributed by atoms with E-state index in [2.05, 4.69) is 15.9 Å². The first kappa shape index (κ1) is 17.1. The van der Waals surface area contributed by atoms with Gasteiger partial charge in [-0.25, -0.2) is 0 Å². The highest BCUT2D eigenvalue weighted by atomic mass is 79.9. The van der Waals surface area contributed by atoms with Gasteiger partial charge in [-0.15, -0.1) is 0 Å². The molecule has 4 nitrogen and oxygen atoms in total. The van der Waals surface area contributed by atoms with Crippen LogP contribution in [0.4, 0.5) is 0 Å². The first-order chi connectivity index (χ1) is 11.0. The molecule has 0 heterocycles. The van der Waals surface area contributed by atoms with E-state index in [0.29, 0.717) is 28.1 Å². The smallest absolute Gasteiger partial charge is 0.185 e. The zero-order valence-corrected chi connectivity index (χ0v) is 14.5. The van der Waals surface area contributed by atoms with Crippen LogP contribution in [0.5, 0.6) is 17.2 Å². The Morgan fingerprint density at radius 2 is 2.09 bits per heavy atom. The fourth-order valence-corrected chi connectivity index (χ4v) is 2.46. The second-order valence-electron chi connectivity index (χ2n) is 4.71. The van der Waals surface area contributed by atoms with Gasteiger partial charge in [-0.05, 0) is 58.8 Å². The summed E-state index contributed by atoms with van der Waals surface area (Å²) in [5, 5.41) is 9.89. The molecule has 5 heteroatoms. The third-order valence-electron chi connectivity index (χ3n) is 3.13. The van der Waals surface area contributed by atoms with Gasteiger partial charge in [-0.1, -0.05) is 18.2 Å². The molecular weight excluding hydrogens is 360 g/mol. The third-order valence-corrected chi connectivity index (χ3v) is 3.74. The number of phenols is 1. The lowest BCUT2D eigenvalue weighted by Crippen LogP contribution is -1.95. The van der Waals surface area contributed by atoms with E-state index < -0.39 is 0 Å². The van der Waals surface area contributed by atoms with Crippen LogP contribution >= 0.6 is 15.9 Å². The lowest BCUT2D eigenvalue weighted by atomic mass is 10.1. The molecule has 23 heavy (non-hydrogen) atoms. The third kappa shape index (κ3) is 4.36. The molecule has 120 valence electrons. The van der Waals surface area contributed by atoms with E-state index in [0.717, 1.165) is 5.56 Å². The summed E-state index contributed by atoms with van der Waals surface area (Å²) in [4.78, 5) is 12.2. The summed E-state index contributed by atoms with van der Waals surface area (Å²) in [6, 6.07) is 10.4. The van der Waals surface area contributed by atoms with Gasteiger partial charge in [0, 0.05) is 5.56 Å². The number of benzene rings is 2. The molecule has 0 aliphatic carbocycles. The van der Waals surface area contributed by atoms with Gasteiger partial charge >= 0.3 is 0 Å². The Labute approximate surface area is 143 Å². The average Bonchev–Trinajstić information content (AvgIpc) is 2.57. The maximum atomic E-state index is 12.2. The molecule has 0 spiro atoms. The summed E-state index contributed by atoms with van der Waals surface area (Å²) in [6.07, 6.45) is 3.15. The fourth-order valence-electron chi connectivity index (χ4n) is 2.00. The molecule has 0 radical (unpaired) electrons. The number of methoxy groups -OCH3 is 1. The molecule has 2 aromatic carbocycles. The van der Waals surface area contributed by atoms with Crippen LogP contribution in [0.3, 0.4) is 0 Å². The first-order valence-corrected chi connectivity index (χ1v) is 7.86. The van der Waals surface area contributed by atoms with E-state index >= 15 is 0 Å². The van der Waals surface area contributed by atoms with E-state index in [1.807, 2.05) is 6.92 Å². The SMILES string of the molecule is CCOc1cc(C=CC(=O)c2cccc(OC)c2)cc(Br)c1O. The van der Waals surface area contributed by atoms with Crippen molar-refractivity contribution in [3.05, 3.63) is 58.1 Å². The lowest BCUT2D eigenvalue weighted by molar-refractivity contribution is 0.104. The number of rotatable bonds is 6. The van der Waals surface area contributed by atoms with E-state index in [9.17, 15) is 9.90 Å². The van der Waals surface area contributed by atoms with Gasteiger partial charge in [-0.3, -0.25) is 4.79 Å². The maximum absolute atomic E-state index is 12.2. The van der Waals surface area contributed by atoms with Crippen molar-refractivity contribution < 1.29 is 19.4 Å². The molecule has 0 amide bonds. The number of carbonyl (C=O) groups is 1. The van der Waals surface area contributed by atoms with Crippen molar-refractivity contribution >= 4 is 27.8 Å². The minimum absolute atomic E-state index is 0.0446. The number of halogens is 1. The van der Waals surface area contributed by atoms with Crippen LogP contribution in [0.2, 0.25) is 0 Å². The number of hydrogen-bond acceptors (Lipinski definition) is 4. The summed E-state index contributed by atoms with van der Waals surface area (Å²) in [7, 11) is 1.56. The molecule has 0 unspecified atom stereocenters. The minimum atomic E-state index is -0.133.